The lowest BCUT2D eigenvalue weighted by Gasteiger charge is -2.23. The van der Waals surface area contributed by atoms with Gasteiger partial charge in [-0.15, -0.1) is 0 Å². The van der Waals surface area contributed by atoms with Crippen LogP contribution in [0, 0.1) is 6.92 Å². The molecule has 0 bridgehead atoms. The van der Waals surface area contributed by atoms with Gasteiger partial charge in [0.05, 0.1) is 0 Å². The van der Waals surface area contributed by atoms with Crippen LogP contribution in [0.5, 0.6) is 5.75 Å². The monoisotopic (exact) mass is 249 g/mol. The average molecular weight is 249 g/mol. The van der Waals surface area contributed by atoms with E-state index in [0.717, 1.165) is 18.6 Å². The van der Waals surface area contributed by atoms with E-state index in [2.05, 4.69) is 59.7 Å². The van der Waals surface area contributed by atoms with E-state index in [4.69, 9.17) is 10.5 Å². The molecule has 2 heteroatoms. The molecule has 1 aromatic rings. The van der Waals surface area contributed by atoms with Crippen LogP contribution >= 0.6 is 0 Å². The van der Waals surface area contributed by atoms with Crippen LogP contribution in [0.3, 0.4) is 0 Å². The average Bonchev–Trinajstić information content (AvgIpc) is 2.16. The van der Waals surface area contributed by atoms with Crippen molar-refractivity contribution in [2.75, 3.05) is 0 Å². The van der Waals surface area contributed by atoms with Gasteiger partial charge in [0, 0.05) is 5.54 Å². The zero-order valence-corrected chi connectivity index (χ0v) is 12.6. The summed E-state index contributed by atoms with van der Waals surface area (Å²) >= 11 is 0. The number of hydrogen-bond acceptors (Lipinski definition) is 2. The molecular formula is C16H27NO. The number of aryl methyl sites for hydroxylation is 2. The molecule has 1 aromatic carbocycles. The first-order valence-electron chi connectivity index (χ1n) is 6.64. The summed E-state index contributed by atoms with van der Waals surface area (Å²) in [5.74, 6) is 0.981. The Kier molecular flexibility index (Phi) is 4.44. The quantitative estimate of drug-likeness (QED) is 0.880. The topological polar surface area (TPSA) is 35.2 Å². The molecule has 2 N–H and O–H groups in total. The number of nitrogens with two attached hydrogens (primary N) is 1. The van der Waals surface area contributed by atoms with E-state index >= 15 is 0 Å². The van der Waals surface area contributed by atoms with Crippen molar-refractivity contribution in [2.24, 2.45) is 5.73 Å². The maximum atomic E-state index is 6.02. The summed E-state index contributed by atoms with van der Waals surface area (Å²) < 4.78 is 5.97. The van der Waals surface area contributed by atoms with Gasteiger partial charge >= 0.3 is 0 Å². The normalized spacial score (nSPS) is 12.6. The predicted octanol–water partition coefficient (Wildman–Crippen LogP) is 3.84. The zero-order chi connectivity index (χ0) is 14.0. The van der Waals surface area contributed by atoms with E-state index in [0.29, 0.717) is 0 Å². The molecule has 1 rings (SSSR count). The minimum atomic E-state index is -0.156. The van der Waals surface area contributed by atoms with Crippen molar-refractivity contribution in [3.05, 3.63) is 29.3 Å². The minimum absolute atomic E-state index is 0.115. The van der Waals surface area contributed by atoms with Crippen molar-refractivity contribution >= 4 is 0 Å². The van der Waals surface area contributed by atoms with Crippen LogP contribution in [0.2, 0.25) is 0 Å². The molecule has 0 aromatic heterocycles. The first-order valence-corrected chi connectivity index (χ1v) is 6.64. The Hall–Kier alpha value is -1.02. The molecule has 0 aliphatic rings. The maximum Gasteiger partial charge on any atom is 0.123 e. The van der Waals surface area contributed by atoms with Gasteiger partial charge in [-0.1, -0.05) is 12.1 Å². The molecule has 0 radical (unpaired) electrons. The third-order valence-corrected chi connectivity index (χ3v) is 2.73. The van der Waals surface area contributed by atoms with E-state index in [1.54, 1.807) is 0 Å². The highest BCUT2D eigenvalue weighted by Gasteiger charge is 2.15. The lowest BCUT2D eigenvalue weighted by Crippen LogP contribution is -2.32. The van der Waals surface area contributed by atoms with E-state index < -0.39 is 0 Å². The third-order valence-electron chi connectivity index (χ3n) is 2.73. The minimum Gasteiger partial charge on any atom is -0.488 e. The number of ether oxygens (including phenoxy) is 1. The smallest absolute Gasteiger partial charge is 0.123 e. The molecule has 0 fully saturated rings. The Labute approximate surface area is 112 Å². The van der Waals surface area contributed by atoms with Gasteiger partial charge in [-0.2, -0.15) is 0 Å². The molecule has 102 valence electrons. The molecule has 0 heterocycles. The number of rotatable bonds is 4. The van der Waals surface area contributed by atoms with Crippen LogP contribution < -0.4 is 10.5 Å². The fraction of sp³-hybridized carbons (Fsp3) is 0.625. The summed E-state index contributed by atoms with van der Waals surface area (Å²) in [6.07, 6.45) is 1.97. The van der Waals surface area contributed by atoms with Gasteiger partial charge in [0.1, 0.15) is 11.4 Å². The first kappa shape index (κ1) is 15.0. The van der Waals surface area contributed by atoms with Crippen molar-refractivity contribution < 1.29 is 4.74 Å². The summed E-state index contributed by atoms with van der Waals surface area (Å²) in [4.78, 5) is 0. The van der Waals surface area contributed by atoms with Crippen LogP contribution in [0.1, 0.15) is 52.2 Å². The van der Waals surface area contributed by atoms with Crippen LogP contribution in [0.15, 0.2) is 18.2 Å². The summed E-state index contributed by atoms with van der Waals surface area (Å²) in [5.41, 5.74) is 8.22. The predicted molar refractivity (Wildman–Crippen MR) is 78.1 cm³/mol. The fourth-order valence-corrected chi connectivity index (χ4v) is 1.71. The molecule has 0 aliphatic carbocycles. The van der Waals surface area contributed by atoms with Crippen LogP contribution in [0.25, 0.3) is 0 Å². The standard InChI is InChI=1S/C16H27NO/c1-12-7-8-13(9-10-16(5,6)17)11-14(12)18-15(2,3)4/h7-8,11H,9-10,17H2,1-6H3. The molecule has 0 amide bonds. The van der Waals surface area contributed by atoms with Gasteiger partial charge < -0.3 is 10.5 Å². The van der Waals surface area contributed by atoms with E-state index in [1.807, 2.05) is 0 Å². The summed E-state index contributed by atoms with van der Waals surface area (Å²) in [6, 6.07) is 6.43. The third kappa shape index (κ3) is 5.54. The van der Waals surface area contributed by atoms with Crippen molar-refractivity contribution in [1.29, 1.82) is 0 Å². The molecule has 0 atom stereocenters. The lowest BCUT2D eigenvalue weighted by atomic mass is 9.96. The highest BCUT2D eigenvalue weighted by atomic mass is 16.5. The molecule has 0 spiro atoms. The van der Waals surface area contributed by atoms with Gasteiger partial charge in [-0.05, 0) is 71.6 Å². The second-order valence-corrected chi connectivity index (χ2v) is 6.80. The molecule has 0 unspecified atom stereocenters. The van der Waals surface area contributed by atoms with Gasteiger partial charge in [0.25, 0.3) is 0 Å². The maximum absolute atomic E-state index is 6.02. The highest BCUT2D eigenvalue weighted by molar-refractivity contribution is 5.37. The summed E-state index contributed by atoms with van der Waals surface area (Å²) in [6.45, 7) is 12.4. The van der Waals surface area contributed by atoms with Crippen LogP contribution in [-0.4, -0.2) is 11.1 Å². The number of hydrogen-bond donors (Lipinski definition) is 1. The molecule has 18 heavy (non-hydrogen) atoms. The van der Waals surface area contributed by atoms with E-state index in [9.17, 15) is 0 Å². The molecule has 0 saturated carbocycles. The van der Waals surface area contributed by atoms with E-state index in [-0.39, 0.29) is 11.1 Å². The van der Waals surface area contributed by atoms with Gasteiger partial charge in [-0.3, -0.25) is 0 Å². The van der Waals surface area contributed by atoms with Crippen molar-refractivity contribution in [3.63, 3.8) is 0 Å². The van der Waals surface area contributed by atoms with Gasteiger partial charge in [0.2, 0.25) is 0 Å². The SMILES string of the molecule is Cc1ccc(CCC(C)(C)N)cc1OC(C)(C)C. The summed E-state index contributed by atoms with van der Waals surface area (Å²) in [7, 11) is 0. The second-order valence-electron chi connectivity index (χ2n) is 6.80. The molecule has 0 aliphatic heterocycles. The van der Waals surface area contributed by atoms with Gasteiger partial charge in [0.15, 0.2) is 0 Å². The Balaban J connectivity index is 2.81. The van der Waals surface area contributed by atoms with Crippen LogP contribution in [0.4, 0.5) is 0 Å². The fourth-order valence-electron chi connectivity index (χ4n) is 1.71. The zero-order valence-electron chi connectivity index (χ0n) is 12.6. The Morgan fingerprint density at radius 2 is 1.72 bits per heavy atom. The van der Waals surface area contributed by atoms with Crippen LogP contribution in [-0.2, 0) is 6.42 Å². The van der Waals surface area contributed by atoms with Crippen molar-refractivity contribution in [1.82, 2.24) is 0 Å². The highest BCUT2D eigenvalue weighted by Crippen LogP contribution is 2.25. The van der Waals surface area contributed by atoms with E-state index in [1.165, 1.54) is 11.1 Å². The Morgan fingerprint density at radius 1 is 1.11 bits per heavy atom. The second kappa shape index (κ2) is 5.31. The van der Waals surface area contributed by atoms with Crippen molar-refractivity contribution in [2.45, 2.75) is 65.5 Å². The van der Waals surface area contributed by atoms with Crippen molar-refractivity contribution in [3.8, 4) is 5.75 Å². The van der Waals surface area contributed by atoms with Gasteiger partial charge in [-0.25, -0.2) is 0 Å². The molecule has 2 nitrogen and oxygen atoms in total. The Bertz CT molecular complexity index is 397. The first-order chi connectivity index (χ1) is 8.07. The molecule has 0 saturated heterocycles. The molecular weight excluding hydrogens is 222 g/mol. The largest absolute Gasteiger partial charge is 0.488 e. The lowest BCUT2D eigenvalue weighted by molar-refractivity contribution is 0.129. The summed E-state index contributed by atoms with van der Waals surface area (Å²) in [5, 5.41) is 0. The Morgan fingerprint density at radius 3 is 2.22 bits per heavy atom. The number of benzene rings is 1.